The largest absolute Gasteiger partial charge is 0.481 e. The Balaban J connectivity index is 2.43. The van der Waals surface area contributed by atoms with Crippen molar-refractivity contribution in [3.63, 3.8) is 0 Å². The molecule has 18 heavy (non-hydrogen) atoms. The van der Waals surface area contributed by atoms with Crippen LogP contribution >= 0.6 is 11.6 Å². The third-order valence-electron chi connectivity index (χ3n) is 3.31. The van der Waals surface area contributed by atoms with Crippen LogP contribution in [0.25, 0.3) is 0 Å². The summed E-state index contributed by atoms with van der Waals surface area (Å²) in [6.45, 7) is 5.71. The van der Waals surface area contributed by atoms with E-state index < -0.39 is 11.5 Å². The number of alkyl halides is 1. The van der Waals surface area contributed by atoms with Crippen molar-refractivity contribution in [1.82, 2.24) is 0 Å². The van der Waals surface area contributed by atoms with E-state index in [2.05, 4.69) is 0 Å². The highest BCUT2D eigenvalue weighted by Gasteiger charge is 2.33. The zero-order chi connectivity index (χ0) is 13.9. The Kier molecular flexibility index (Phi) is 5.02. The molecular weight excluding hydrogens is 256 g/mol. The highest BCUT2D eigenvalue weighted by Crippen LogP contribution is 2.32. The highest BCUT2D eigenvalue weighted by atomic mass is 35.5. The summed E-state index contributed by atoms with van der Waals surface area (Å²) in [6, 6.07) is 0. The molecule has 0 saturated heterocycles. The van der Waals surface area contributed by atoms with Gasteiger partial charge in [0.1, 0.15) is 0 Å². The molecule has 0 radical (unpaired) electrons. The predicted molar refractivity (Wildman–Crippen MR) is 68.3 cm³/mol. The molecule has 0 aromatic carbocycles. The van der Waals surface area contributed by atoms with Gasteiger partial charge in [-0.05, 0) is 25.7 Å². The summed E-state index contributed by atoms with van der Waals surface area (Å²) >= 11 is 6.01. The number of rotatable bonds is 3. The summed E-state index contributed by atoms with van der Waals surface area (Å²) in [5.41, 5.74) is -0.947. The number of carboxylic acid groups (broad SMARTS) is 1. The number of aliphatic carboxylic acids is 1. The normalized spacial score (nSPS) is 26.4. The second-order valence-corrected chi connectivity index (χ2v) is 6.40. The maximum atomic E-state index is 11.9. The first-order chi connectivity index (χ1) is 8.21. The van der Waals surface area contributed by atoms with E-state index in [1.807, 2.05) is 20.8 Å². The monoisotopic (exact) mass is 276 g/mol. The molecule has 0 heterocycles. The van der Waals surface area contributed by atoms with Gasteiger partial charge in [-0.1, -0.05) is 32.4 Å². The first-order valence-corrected chi connectivity index (χ1v) is 6.73. The predicted octanol–water partition coefficient (Wildman–Crippen LogP) is 3.03. The van der Waals surface area contributed by atoms with Crippen LogP contribution in [0, 0.1) is 17.3 Å². The van der Waals surface area contributed by atoms with E-state index in [1.54, 1.807) is 0 Å². The number of carboxylic acids is 1. The zero-order valence-electron chi connectivity index (χ0n) is 11.1. The molecule has 0 spiro atoms. The molecule has 1 atom stereocenters. The van der Waals surface area contributed by atoms with Crippen molar-refractivity contribution in [2.75, 3.05) is 0 Å². The van der Waals surface area contributed by atoms with Gasteiger partial charge in [0, 0.05) is 5.41 Å². The second-order valence-electron chi connectivity index (χ2n) is 6.01. The minimum atomic E-state index is -0.772. The number of ether oxygens (including phenoxy) is 1. The second kappa shape index (κ2) is 5.91. The minimum absolute atomic E-state index is 0.204. The summed E-state index contributed by atoms with van der Waals surface area (Å²) in [5.74, 6) is -1.59. The number of hydrogen-bond donors (Lipinski definition) is 1. The smallest absolute Gasteiger partial charge is 0.310 e. The Labute approximate surface area is 113 Å². The van der Waals surface area contributed by atoms with E-state index in [0.29, 0.717) is 25.7 Å². The van der Waals surface area contributed by atoms with Crippen molar-refractivity contribution in [3.05, 3.63) is 0 Å². The number of carbonyl (C=O) groups is 2. The average Bonchev–Trinajstić information content (AvgIpc) is 2.27. The molecule has 1 saturated carbocycles. The third kappa shape index (κ3) is 4.16. The van der Waals surface area contributed by atoms with Crippen LogP contribution in [0.2, 0.25) is 0 Å². The average molecular weight is 277 g/mol. The van der Waals surface area contributed by atoms with Crippen molar-refractivity contribution in [2.24, 2.45) is 17.3 Å². The topological polar surface area (TPSA) is 63.6 Å². The number of esters is 1. The summed E-state index contributed by atoms with van der Waals surface area (Å²) in [6.07, 6.45) is 2.22. The molecule has 0 amide bonds. The van der Waals surface area contributed by atoms with Crippen molar-refractivity contribution < 1.29 is 19.4 Å². The maximum absolute atomic E-state index is 11.9. The molecule has 0 bridgehead atoms. The van der Waals surface area contributed by atoms with Gasteiger partial charge in [-0.25, -0.2) is 0 Å². The fourth-order valence-corrected chi connectivity index (χ4v) is 2.04. The van der Waals surface area contributed by atoms with Gasteiger partial charge in [-0.3, -0.25) is 9.59 Å². The van der Waals surface area contributed by atoms with Crippen LogP contribution in [0.3, 0.4) is 0 Å². The molecule has 1 fully saturated rings. The lowest BCUT2D eigenvalue weighted by Gasteiger charge is -2.29. The lowest BCUT2D eigenvalue weighted by molar-refractivity contribution is -0.157. The summed E-state index contributed by atoms with van der Waals surface area (Å²) < 4.78 is 5.23. The van der Waals surface area contributed by atoms with Gasteiger partial charge >= 0.3 is 11.9 Å². The Bertz CT molecular complexity index is 313. The van der Waals surface area contributed by atoms with Crippen LogP contribution < -0.4 is 0 Å². The molecule has 1 rings (SSSR count). The van der Waals surface area contributed by atoms with Crippen LogP contribution in [0.15, 0.2) is 0 Å². The van der Waals surface area contributed by atoms with Crippen LogP contribution in [0.1, 0.15) is 46.5 Å². The molecule has 1 aliphatic rings. The van der Waals surface area contributed by atoms with Crippen LogP contribution in [-0.2, 0) is 14.3 Å². The van der Waals surface area contributed by atoms with E-state index in [1.165, 1.54) is 0 Å². The Hall–Kier alpha value is -0.770. The van der Waals surface area contributed by atoms with Crippen LogP contribution in [-0.4, -0.2) is 22.6 Å². The molecule has 1 N–H and O–H groups in total. The van der Waals surface area contributed by atoms with E-state index in [-0.39, 0.29) is 23.2 Å². The quantitative estimate of drug-likeness (QED) is 0.636. The van der Waals surface area contributed by atoms with E-state index in [4.69, 9.17) is 21.4 Å². The van der Waals surface area contributed by atoms with Gasteiger partial charge in [-0.15, -0.1) is 0 Å². The first-order valence-electron chi connectivity index (χ1n) is 6.29. The molecule has 4 nitrogen and oxygen atoms in total. The summed E-state index contributed by atoms with van der Waals surface area (Å²) in [7, 11) is 0. The van der Waals surface area contributed by atoms with Gasteiger partial charge in [0.15, 0.2) is 5.56 Å². The van der Waals surface area contributed by atoms with Crippen molar-refractivity contribution in [1.29, 1.82) is 0 Å². The summed E-state index contributed by atoms with van der Waals surface area (Å²) in [4.78, 5) is 22.7. The lowest BCUT2D eigenvalue weighted by atomic mass is 9.82. The Morgan fingerprint density at radius 2 is 1.61 bits per heavy atom. The van der Waals surface area contributed by atoms with E-state index in [0.717, 1.165) is 0 Å². The van der Waals surface area contributed by atoms with Gasteiger partial charge in [0.25, 0.3) is 0 Å². The van der Waals surface area contributed by atoms with Crippen molar-refractivity contribution >= 4 is 23.5 Å². The number of halogens is 1. The summed E-state index contributed by atoms with van der Waals surface area (Å²) in [5, 5.41) is 8.88. The fraction of sp³-hybridized carbons (Fsp3) is 0.846. The minimum Gasteiger partial charge on any atom is -0.481 e. The SMILES string of the molecule is CC(C)(C)C(Cl)OC(=O)C1CCC(C(=O)O)CC1. The van der Waals surface area contributed by atoms with E-state index in [9.17, 15) is 9.59 Å². The molecule has 0 aromatic rings. The van der Waals surface area contributed by atoms with Gasteiger partial charge in [0.05, 0.1) is 11.8 Å². The molecule has 0 aliphatic heterocycles. The first kappa shape index (κ1) is 15.3. The van der Waals surface area contributed by atoms with Crippen LogP contribution in [0.4, 0.5) is 0 Å². The number of hydrogen-bond acceptors (Lipinski definition) is 3. The molecule has 0 aromatic heterocycles. The Morgan fingerprint density at radius 1 is 1.17 bits per heavy atom. The van der Waals surface area contributed by atoms with Gasteiger partial charge in [-0.2, -0.15) is 0 Å². The molecule has 1 unspecified atom stereocenters. The Morgan fingerprint density at radius 3 is 2.00 bits per heavy atom. The van der Waals surface area contributed by atoms with Gasteiger partial charge in [0.2, 0.25) is 0 Å². The molecule has 104 valence electrons. The van der Waals surface area contributed by atoms with Gasteiger partial charge < -0.3 is 9.84 Å². The highest BCUT2D eigenvalue weighted by molar-refractivity contribution is 6.20. The lowest BCUT2D eigenvalue weighted by Crippen LogP contribution is -2.32. The zero-order valence-corrected chi connectivity index (χ0v) is 11.9. The fourth-order valence-electron chi connectivity index (χ4n) is 1.95. The maximum Gasteiger partial charge on any atom is 0.310 e. The molecule has 5 heteroatoms. The molecule has 1 aliphatic carbocycles. The van der Waals surface area contributed by atoms with E-state index >= 15 is 0 Å². The van der Waals surface area contributed by atoms with Crippen molar-refractivity contribution in [3.8, 4) is 0 Å². The number of carbonyl (C=O) groups excluding carboxylic acids is 1. The third-order valence-corrected chi connectivity index (χ3v) is 4.05. The molecular formula is C13H21ClO4. The van der Waals surface area contributed by atoms with Crippen molar-refractivity contribution in [2.45, 2.75) is 52.0 Å². The van der Waals surface area contributed by atoms with Crippen LogP contribution in [0.5, 0.6) is 0 Å². The standard InChI is InChI=1S/C13H21ClO4/c1-13(2,3)12(14)18-11(17)9-6-4-8(5-7-9)10(15)16/h8-9,12H,4-7H2,1-3H3,(H,15,16).